The predicted octanol–water partition coefficient (Wildman–Crippen LogP) is 17.9. The van der Waals surface area contributed by atoms with Crippen molar-refractivity contribution >= 4 is 71.6 Å². The van der Waals surface area contributed by atoms with Crippen LogP contribution in [0.3, 0.4) is 0 Å². The molecule has 24 saturated carbocycles. The summed E-state index contributed by atoms with van der Waals surface area (Å²) >= 11 is 0. The monoisotopic (exact) mass is 2020 g/mol. The molecule has 6 heterocycles. The lowest BCUT2D eigenvalue weighted by Gasteiger charge is -2.47. The van der Waals surface area contributed by atoms with Gasteiger partial charge in [-0.3, -0.25) is 57.5 Å². The Kier molecular flexibility index (Phi) is 24.6. The van der Waals surface area contributed by atoms with E-state index in [1.54, 1.807) is 7.11 Å². The van der Waals surface area contributed by atoms with Gasteiger partial charge in [-0.25, -0.2) is 0 Å². The van der Waals surface area contributed by atoms with Crippen LogP contribution in [0.15, 0.2) is 0 Å². The van der Waals surface area contributed by atoms with Gasteiger partial charge in [-0.05, 0) is 416 Å². The summed E-state index contributed by atoms with van der Waals surface area (Å²) in [5.41, 5.74) is -1.53. The second-order valence-corrected chi connectivity index (χ2v) is 57.3. The minimum atomic E-state index is -0.464. The maximum Gasteiger partial charge on any atom is 0.311 e. The van der Waals surface area contributed by atoms with E-state index in [0.717, 1.165) is 101 Å². The maximum absolute atomic E-state index is 12.7. The van der Waals surface area contributed by atoms with Crippen LogP contribution in [0.25, 0.3) is 0 Å². The smallest absolute Gasteiger partial charge is 0.311 e. The number of rotatable bonds is 19. The summed E-state index contributed by atoms with van der Waals surface area (Å²) in [5, 5.41) is 0. The van der Waals surface area contributed by atoms with Gasteiger partial charge in [0, 0.05) is 48.0 Å². The molecule has 804 valence electrons. The van der Waals surface area contributed by atoms with Crippen molar-refractivity contribution in [3.05, 3.63) is 0 Å². The van der Waals surface area contributed by atoms with Crippen LogP contribution in [-0.4, -0.2) is 161 Å². The van der Waals surface area contributed by atoms with Crippen LogP contribution >= 0.6 is 0 Å². The molecule has 0 aromatic heterocycles. The summed E-state index contributed by atoms with van der Waals surface area (Å²) in [6, 6.07) is 0. The normalized spacial score (nSPS) is 51.6. The zero-order valence-corrected chi connectivity index (χ0v) is 90.3. The number of hydrogen-bond donors (Lipinski definition) is 0. The van der Waals surface area contributed by atoms with Gasteiger partial charge in [0.15, 0.2) is 0 Å². The molecule has 0 aromatic carbocycles. The van der Waals surface area contributed by atoms with Gasteiger partial charge < -0.3 is 61.6 Å². The zero-order chi connectivity index (χ0) is 102. The van der Waals surface area contributed by atoms with Gasteiger partial charge in [0.05, 0.1) is 115 Å². The molecule has 6 aliphatic heterocycles. The first-order valence-corrected chi connectivity index (χ1v) is 59.5. The van der Waals surface area contributed by atoms with Crippen molar-refractivity contribution in [2.24, 2.45) is 317 Å². The fourth-order valence-corrected chi connectivity index (χ4v) is 43.6. The van der Waals surface area contributed by atoms with E-state index in [0.29, 0.717) is 271 Å². The van der Waals surface area contributed by atoms with Gasteiger partial charge >= 0.3 is 71.6 Å². The molecule has 25 nitrogen and oxygen atoms in total. The van der Waals surface area contributed by atoms with Crippen LogP contribution in [0.2, 0.25) is 0 Å². The molecule has 0 aromatic rings. The number of ether oxygens (including phenoxy) is 13. The summed E-state index contributed by atoms with van der Waals surface area (Å²) in [7, 11) is 1.75. The van der Waals surface area contributed by atoms with Crippen LogP contribution in [0, 0.1) is 317 Å². The van der Waals surface area contributed by atoms with Crippen LogP contribution in [0.5, 0.6) is 0 Å². The SMILES string of the molecule is CCC(C)(C)C(=O)OC1C(C)C2CC1C1C2C2CC1C1(COC(=O)C1)C2.CCC(C)(C)C(=O)OC1C2CC(C1OC)C1C3CC(C4C(=O)OCC34)C21.CCC(C)(C)C(=O)OC1CC2CC1C1C3CC(C4C(=O)OCC34)C21.CCC(C)(C)C(=O)OC1CC2CC1C1C3CC(C4COC(=O)C43)C21.CCC(C)C(=O)OC1CC2CC1C1C3CC(C4C(=O)OCC34)C21.CCC(C)C(=O)OC1CC2CC1C1C3CC(C4COC(=O)C43)C21. The molecule has 30 aliphatic rings. The van der Waals surface area contributed by atoms with Crippen molar-refractivity contribution in [2.45, 2.75) is 315 Å². The Morgan fingerprint density at radius 1 is 0.301 bits per heavy atom. The zero-order valence-electron chi connectivity index (χ0n) is 90.3. The molecule has 25 heteroatoms. The van der Waals surface area contributed by atoms with E-state index in [1.807, 2.05) is 104 Å². The van der Waals surface area contributed by atoms with E-state index >= 15 is 0 Å². The minimum absolute atomic E-state index is 0.000793. The largest absolute Gasteiger partial charge is 0.465 e. The Morgan fingerprint density at radius 2 is 0.582 bits per heavy atom. The lowest BCUT2D eigenvalue weighted by molar-refractivity contribution is -0.178. The van der Waals surface area contributed by atoms with Gasteiger partial charge in [0.2, 0.25) is 0 Å². The number of cyclic esters (lactones) is 6. The van der Waals surface area contributed by atoms with Gasteiger partial charge in [-0.1, -0.05) is 62.3 Å². The molecular weight excluding hydrogens is 1850 g/mol. The average molecular weight is 2020 g/mol. The minimum Gasteiger partial charge on any atom is -0.465 e. The lowest BCUT2D eigenvalue weighted by atomic mass is 9.58. The van der Waals surface area contributed by atoms with E-state index in [1.165, 1.54) is 70.6 Å². The molecule has 30 rings (SSSR count). The molecule has 30 fully saturated rings. The van der Waals surface area contributed by atoms with Crippen LogP contribution < -0.4 is 0 Å². The maximum atomic E-state index is 12.7. The Labute approximate surface area is 864 Å². The number of carbonyl (C=O) groups excluding carboxylic acids is 12. The van der Waals surface area contributed by atoms with Gasteiger partial charge in [0.25, 0.3) is 0 Å². The van der Waals surface area contributed by atoms with E-state index in [4.69, 9.17) is 61.6 Å². The third-order valence-electron chi connectivity index (χ3n) is 51.1. The number of methoxy groups -OCH3 is 1. The number of hydrogen-bond acceptors (Lipinski definition) is 25. The fourth-order valence-electron chi connectivity index (χ4n) is 43.6. The van der Waals surface area contributed by atoms with Crippen molar-refractivity contribution < 1.29 is 119 Å². The molecule has 6 saturated heterocycles. The van der Waals surface area contributed by atoms with Crippen molar-refractivity contribution in [3.63, 3.8) is 0 Å². The Morgan fingerprint density at radius 3 is 0.925 bits per heavy atom. The van der Waals surface area contributed by atoms with Gasteiger partial charge in [-0.2, -0.15) is 0 Å². The van der Waals surface area contributed by atoms with Crippen LogP contribution in [0.1, 0.15) is 272 Å². The Hall–Kier alpha value is -6.40. The van der Waals surface area contributed by atoms with Gasteiger partial charge in [0.1, 0.15) is 36.6 Å². The third-order valence-corrected chi connectivity index (χ3v) is 51.1. The van der Waals surface area contributed by atoms with Crippen molar-refractivity contribution in [3.8, 4) is 0 Å². The Balaban J connectivity index is 0.0000000914. The van der Waals surface area contributed by atoms with E-state index in [2.05, 4.69) is 13.8 Å². The van der Waals surface area contributed by atoms with Crippen molar-refractivity contribution in [1.82, 2.24) is 0 Å². The van der Waals surface area contributed by atoms with Crippen molar-refractivity contribution in [1.29, 1.82) is 0 Å². The molecule has 1 spiro atoms. The molecule has 24 bridgehead atoms. The molecule has 57 unspecified atom stereocenters. The number of esters is 12. The Bertz CT molecular complexity index is 5220. The van der Waals surface area contributed by atoms with E-state index < -0.39 is 16.2 Å². The van der Waals surface area contributed by atoms with Gasteiger partial charge in [-0.15, -0.1) is 0 Å². The third kappa shape index (κ3) is 14.7. The first-order chi connectivity index (χ1) is 69.7. The molecule has 0 N–H and O–H groups in total. The molecule has 0 radical (unpaired) electrons. The highest BCUT2D eigenvalue weighted by Crippen LogP contribution is 2.80. The summed E-state index contributed by atoms with van der Waals surface area (Å²) in [4.78, 5) is 147. The quantitative estimate of drug-likeness (QED) is 0.0658. The number of carbonyl (C=O) groups is 12. The summed E-state index contributed by atoms with van der Waals surface area (Å²) < 4.78 is 74.3. The lowest BCUT2D eigenvalue weighted by Crippen LogP contribution is -2.50. The second kappa shape index (κ2) is 35.8. The number of fused-ring (bicyclic) bond motifs is 70. The highest BCUT2D eigenvalue weighted by Gasteiger charge is 2.80. The summed E-state index contributed by atoms with van der Waals surface area (Å²) in [5.74, 6) is 25.7. The summed E-state index contributed by atoms with van der Waals surface area (Å²) in [6.07, 6.45) is 25.7. The van der Waals surface area contributed by atoms with Crippen molar-refractivity contribution in [2.75, 3.05) is 46.8 Å². The average Bonchev–Trinajstić information content (AvgIpc) is 1.50. The standard InChI is InChI=1S/C22H32O4.C21H30O5.2C20H28O4.2C19H26O4/c1-5-21(3,4)20(24)26-19-11(2)13-7-14(19)18-15-6-12(17(13)18)8-22(15)9-16(23)25-10-22;1-5-21(2,3)20(23)26-18-12-7-11(17(18)24-4)14-9-6-10(15(12)14)16-13(9)8-25-19(16)22;1-4-20(2,3)19(22)24-14-6-9-5-11(14)16-10-7-12(15(9)16)17-13(10)8-23-18(17)21;1-4-20(2,3)19(22)24-14-6-9-5-11(14)16-12-7-10(15(9)16)13-8-23-18(21)17(12)13;1-3-8(2)18(20)23-14-5-9-4-11(14)16-10-6-12(15(9)16)17-13(10)7-22-19(17)21;1-3-8(2)18(20)23-14-5-9-4-11(14)16-12-6-10(15(9)16)13-7-22-19(21)17(12)13/h11-15,17-19H,5-10H2,1-4H3;9-18H,5-8H2,1-4H3;2*9-17H,4-8H2,1-3H3;2*8-17H,3-7H2,1-2H3. The van der Waals surface area contributed by atoms with Crippen LogP contribution in [0.4, 0.5) is 0 Å². The molecular formula is C121H170O25. The first kappa shape index (κ1) is 100. The van der Waals surface area contributed by atoms with E-state index in [9.17, 15) is 57.5 Å². The highest BCUT2D eigenvalue weighted by atomic mass is 16.6. The second-order valence-electron chi connectivity index (χ2n) is 57.3. The topological polar surface area (TPSA) is 325 Å². The highest BCUT2D eigenvalue weighted by molar-refractivity contribution is 5.82. The molecule has 146 heavy (non-hydrogen) atoms. The molecule has 57 atom stereocenters. The first-order valence-electron chi connectivity index (χ1n) is 59.5. The summed E-state index contributed by atoms with van der Waals surface area (Å²) in [6.45, 7) is 38.1. The van der Waals surface area contributed by atoms with Crippen LogP contribution in [-0.2, 0) is 119 Å². The predicted molar refractivity (Wildman–Crippen MR) is 526 cm³/mol. The molecule has 0 amide bonds. The van der Waals surface area contributed by atoms with E-state index in [-0.39, 0.29) is 167 Å². The molecule has 24 aliphatic carbocycles. The fraction of sp³-hybridized carbons (Fsp3) is 0.901.